The van der Waals surface area contributed by atoms with Gasteiger partial charge in [-0.3, -0.25) is 0 Å². The Bertz CT molecular complexity index is 577. The summed E-state index contributed by atoms with van der Waals surface area (Å²) in [6.07, 6.45) is 1.05. The maximum atomic E-state index is 6.22. The fourth-order valence-corrected chi connectivity index (χ4v) is 3.76. The van der Waals surface area contributed by atoms with Gasteiger partial charge in [0.25, 0.3) is 0 Å². The van der Waals surface area contributed by atoms with E-state index in [4.69, 9.17) is 11.6 Å². The largest absolute Gasteiger partial charge is 0.316 e. The van der Waals surface area contributed by atoms with E-state index in [1.54, 1.807) is 0 Å². The Labute approximate surface area is 137 Å². The molecule has 21 heavy (non-hydrogen) atoms. The Morgan fingerprint density at radius 3 is 2.33 bits per heavy atom. The molecule has 2 rings (SSSR count). The summed E-state index contributed by atoms with van der Waals surface area (Å²) in [5.74, 6) is 1.01. The molecule has 2 aromatic carbocycles. The van der Waals surface area contributed by atoms with Crippen molar-refractivity contribution in [2.24, 2.45) is 0 Å². The lowest BCUT2D eigenvalue weighted by Gasteiger charge is -2.19. The Morgan fingerprint density at radius 1 is 1.05 bits per heavy atom. The van der Waals surface area contributed by atoms with E-state index in [2.05, 4.69) is 43.4 Å². The van der Waals surface area contributed by atoms with E-state index in [0.717, 1.165) is 22.1 Å². The number of hydrogen-bond donors (Lipinski definition) is 1. The van der Waals surface area contributed by atoms with Crippen molar-refractivity contribution < 1.29 is 0 Å². The number of thioether (sulfide) groups is 1. The predicted molar refractivity (Wildman–Crippen MR) is 94.6 cm³/mol. The third kappa shape index (κ3) is 4.50. The molecule has 0 saturated heterocycles. The number of hydrogen-bond acceptors (Lipinski definition) is 2. The number of benzene rings is 2. The van der Waals surface area contributed by atoms with Crippen LogP contribution < -0.4 is 5.32 Å². The zero-order valence-electron chi connectivity index (χ0n) is 12.8. The van der Waals surface area contributed by atoms with Gasteiger partial charge in [0.15, 0.2) is 0 Å². The molecule has 0 fully saturated rings. The van der Waals surface area contributed by atoms with Crippen molar-refractivity contribution in [2.75, 3.05) is 12.8 Å². The number of aryl methyl sites for hydroxylation is 2. The van der Waals surface area contributed by atoms with Gasteiger partial charge in [-0.2, -0.15) is 0 Å². The van der Waals surface area contributed by atoms with E-state index in [9.17, 15) is 0 Å². The van der Waals surface area contributed by atoms with Crippen LogP contribution in [0.3, 0.4) is 0 Å². The highest BCUT2D eigenvalue weighted by Gasteiger charge is 2.12. The minimum Gasteiger partial charge on any atom is -0.316 e. The molecule has 0 aromatic heterocycles. The highest BCUT2D eigenvalue weighted by Crippen LogP contribution is 2.27. The van der Waals surface area contributed by atoms with Gasteiger partial charge in [0.1, 0.15) is 0 Å². The van der Waals surface area contributed by atoms with E-state index < -0.39 is 0 Å². The lowest BCUT2D eigenvalue weighted by Crippen LogP contribution is -2.30. The summed E-state index contributed by atoms with van der Waals surface area (Å²) in [5.41, 5.74) is 4.20. The third-order valence-electron chi connectivity index (χ3n) is 3.78. The summed E-state index contributed by atoms with van der Waals surface area (Å²) < 4.78 is 0. The summed E-state index contributed by atoms with van der Waals surface area (Å²) >= 11 is 8.04. The van der Waals surface area contributed by atoms with Gasteiger partial charge in [0, 0.05) is 16.7 Å². The second-order valence-electron chi connectivity index (χ2n) is 5.30. The molecular formula is C18H22ClNS. The fourth-order valence-electron chi connectivity index (χ4n) is 2.41. The molecule has 0 aliphatic heterocycles. The standard InChI is InChI=1S/C18H22ClNS/c1-13-7-6-8-14(2)16(13)11-15(20-3)12-21-18-10-5-4-9-17(18)19/h4-10,15,20H,11-12H2,1-3H3. The summed E-state index contributed by atoms with van der Waals surface area (Å²) in [7, 11) is 2.03. The van der Waals surface area contributed by atoms with E-state index >= 15 is 0 Å². The topological polar surface area (TPSA) is 12.0 Å². The predicted octanol–water partition coefficient (Wildman–Crippen LogP) is 4.88. The Balaban J connectivity index is 2.02. The molecule has 1 unspecified atom stereocenters. The van der Waals surface area contributed by atoms with Crippen molar-refractivity contribution in [1.82, 2.24) is 5.32 Å². The first-order valence-corrected chi connectivity index (χ1v) is 8.58. The maximum Gasteiger partial charge on any atom is 0.0541 e. The molecular weight excluding hydrogens is 298 g/mol. The Kier molecular flexibility index (Phi) is 6.16. The molecule has 0 bridgehead atoms. The van der Waals surface area contributed by atoms with E-state index in [-0.39, 0.29) is 0 Å². The van der Waals surface area contributed by atoms with Crippen molar-refractivity contribution in [3.63, 3.8) is 0 Å². The molecule has 0 radical (unpaired) electrons. The summed E-state index contributed by atoms with van der Waals surface area (Å²) in [6.45, 7) is 4.38. The average molecular weight is 320 g/mol. The van der Waals surface area contributed by atoms with Gasteiger partial charge in [0.05, 0.1) is 5.02 Å². The van der Waals surface area contributed by atoms with Gasteiger partial charge in [-0.15, -0.1) is 11.8 Å². The van der Waals surface area contributed by atoms with Crippen LogP contribution in [0.2, 0.25) is 5.02 Å². The minimum atomic E-state index is 0.436. The Hall–Kier alpha value is -0.960. The molecule has 3 heteroatoms. The van der Waals surface area contributed by atoms with Gasteiger partial charge in [-0.1, -0.05) is 41.9 Å². The second kappa shape index (κ2) is 7.88. The SMILES string of the molecule is CNC(CSc1ccccc1Cl)Cc1c(C)cccc1C. The fraction of sp³-hybridized carbons (Fsp3) is 0.333. The molecule has 1 atom stereocenters. The first kappa shape index (κ1) is 16.4. The monoisotopic (exact) mass is 319 g/mol. The normalized spacial score (nSPS) is 12.4. The molecule has 0 spiro atoms. The molecule has 0 aliphatic carbocycles. The molecule has 112 valence electrons. The Morgan fingerprint density at radius 2 is 1.71 bits per heavy atom. The zero-order chi connectivity index (χ0) is 15.2. The van der Waals surface area contributed by atoms with Crippen LogP contribution in [0, 0.1) is 13.8 Å². The van der Waals surface area contributed by atoms with Gasteiger partial charge in [-0.05, 0) is 56.1 Å². The van der Waals surface area contributed by atoms with Crippen molar-refractivity contribution in [3.05, 3.63) is 64.2 Å². The van der Waals surface area contributed by atoms with Crippen molar-refractivity contribution in [3.8, 4) is 0 Å². The van der Waals surface area contributed by atoms with Crippen LogP contribution >= 0.6 is 23.4 Å². The van der Waals surface area contributed by atoms with Crippen LogP contribution in [0.25, 0.3) is 0 Å². The first-order chi connectivity index (χ1) is 10.1. The molecule has 1 N–H and O–H groups in total. The summed E-state index contributed by atoms with van der Waals surface area (Å²) in [4.78, 5) is 1.15. The molecule has 0 aliphatic rings. The zero-order valence-corrected chi connectivity index (χ0v) is 14.4. The summed E-state index contributed by atoms with van der Waals surface area (Å²) in [6, 6.07) is 15.0. The van der Waals surface area contributed by atoms with Crippen LogP contribution in [0.15, 0.2) is 47.4 Å². The second-order valence-corrected chi connectivity index (χ2v) is 6.77. The van der Waals surface area contributed by atoms with E-state index in [1.807, 2.05) is 37.0 Å². The highest BCUT2D eigenvalue weighted by molar-refractivity contribution is 7.99. The number of rotatable bonds is 6. The highest BCUT2D eigenvalue weighted by atomic mass is 35.5. The number of nitrogens with one attached hydrogen (secondary N) is 1. The van der Waals surface area contributed by atoms with Gasteiger partial charge < -0.3 is 5.32 Å². The van der Waals surface area contributed by atoms with E-state index in [0.29, 0.717) is 6.04 Å². The summed E-state index contributed by atoms with van der Waals surface area (Å²) in [5, 5.41) is 4.27. The lowest BCUT2D eigenvalue weighted by molar-refractivity contribution is 0.614. The quantitative estimate of drug-likeness (QED) is 0.762. The van der Waals surface area contributed by atoms with Gasteiger partial charge in [0.2, 0.25) is 0 Å². The number of likely N-dealkylation sites (N-methyl/N-ethyl adjacent to an activating group) is 1. The smallest absolute Gasteiger partial charge is 0.0541 e. The first-order valence-electron chi connectivity index (χ1n) is 7.21. The maximum absolute atomic E-state index is 6.22. The van der Waals surface area contributed by atoms with Gasteiger partial charge >= 0.3 is 0 Å². The third-order valence-corrected chi connectivity index (χ3v) is 5.46. The van der Waals surface area contributed by atoms with E-state index in [1.165, 1.54) is 16.7 Å². The average Bonchev–Trinajstić information content (AvgIpc) is 2.48. The molecule has 2 aromatic rings. The van der Waals surface area contributed by atoms with Gasteiger partial charge in [-0.25, -0.2) is 0 Å². The van der Waals surface area contributed by atoms with Crippen LogP contribution in [0.4, 0.5) is 0 Å². The van der Waals surface area contributed by atoms with Crippen molar-refractivity contribution in [1.29, 1.82) is 0 Å². The molecule has 0 amide bonds. The van der Waals surface area contributed by atoms with Crippen LogP contribution in [0.1, 0.15) is 16.7 Å². The minimum absolute atomic E-state index is 0.436. The van der Waals surface area contributed by atoms with Crippen LogP contribution in [0.5, 0.6) is 0 Å². The molecule has 0 saturated carbocycles. The van der Waals surface area contributed by atoms with Crippen molar-refractivity contribution >= 4 is 23.4 Å². The molecule has 0 heterocycles. The number of halogens is 1. The lowest BCUT2D eigenvalue weighted by atomic mass is 9.97. The molecule has 1 nitrogen and oxygen atoms in total. The van der Waals surface area contributed by atoms with Crippen LogP contribution in [-0.4, -0.2) is 18.8 Å². The van der Waals surface area contributed by atoms with Crippen LogP contribution in [-0.2, 0) is 6.42 Å². The van der Waals surface area contributed by atoms with Crippen molar-refractivity contribution in [2.45, 2.75) is 31.2 Å².